The second-order valence-electron chi connectivity index (χ2n) is 6.33. The number of imidazole rings is 1. The van der Waals surface area contributed by atoms with Crippen molar-refractivity contribution in [3.63, 3.8) is 0 Å². The van der Waals surface area contributed by atoms with Gasteiger partial charge in [0, 0.05) is 6.42 Å². The SMILES string of the molecule is Cc1ccc(S(=O)(=O)n2c(CC(O)c3ccco3)nc3ccccc32)cc1. The summed E-state index contributed by atoms with van der Waals surface area (Å²) in [5.74, 6) is 0.613. The van der Waals surface area contributed by atoms with E-state index in [0.29, 0.717) is 16.8 Å². The number of rotatable bonds is 5. The summed E-state index contributed by atoms with van der Waals surface area (Å²) in [5.41, 5.74) is 1.99. The second kappa shape index (κ2) is 6.68. The molecule has 0 aliphatic heterocycles. The summed E-state index contributed by atoms with van der Waals surface area (Å²) in [6, 6.07) is 17.0. The van der Waals surface area contributed by atoms with Crippen LogP contribution in [0.5, 0.6) is 0 Å². The molecule has 0 aliphatic rings. The Kier molecular flexibility index (Phi) is 4.33. The zero-order valence-corrected chi connectivity index (χ0v) is 15.4. The van der Waals surface area contributed by atoms with E-state index in [9.17, 15) is 13.5 Å². The summed E-state index contributed by atoms with van der Waals surface area (Å²) < 4.78 is 33.1. The highest BCUT2D eigenvalue weighted by Gasteiger charge is 2.26. The molecule has 2 aromatic carbocycles. The van der Waals surface area contributed by atoms with E-state index in [1.54, 1.807) is 60.7 Å². The van der Waals surface area contributed by atoms with Crippen molar-refractivity contribution in [2.24, 2.45) is 0 Å². The highest BCUT2D eigenvalue weighted by molar-refractivity contribution is 7.90. The molecule has 0 spiro atoms. The van der Waals surface area contributed by atoms with Crippen molar-refractivity contribution in [1.82, 2.24) is 8.96 Å². The van der Waals surface area contributed by atoms with Gasteiger partial charge in [0.15, 0.2) is 0 Å². The van der Waals surface area contributed by atoms with Gasteiger partial charge in [-0.15, -0.1) is 0 Å². The maximum atomic E-state index is 13.3. The third-order valence-electron chi connectivity index (χ3n) is 4.39. The fourth-order valence-corrected chi connectivity index (χ4v) is 4.52. The lowest BCUT2D eigenvalue weighted by molar-refractivity contribution is 0.148. The van der Waals surface area contributed by atoms with Crippen LogP contribution < -0.4 is 0 Å². The number of para-hydroxylation sites is 2. The van der Waals surface area contributed by atoms with E-state index in [2.05, 4.69) is 4.98 Å². The smallest absolute Gasteiger partial charge is 0.269 e. The van der Waals surface area contributed by atoms with E-state index in [4.69, 9.17) is 4.42 Å². The molecule has 2 aromatic heterocycles. The van der Waals surface area contributed by atoms with Crippen LogP contribution in [0.4, 0.5) is 0 Å². The van der Waals surface area contributed by atoms with Crippen molar-refractivity contribution in [2.75, 3.05) is 0 Å². The first-order chi connectivity index (χ1) is 13.0. The van der Waals surface area contributed by atoms with Gasteiger partial charge in [-0.3, -0.25) is 0 Å². The second-order valence-corrected chi connectivity index (χ2v) is 8.12. The van der Waals surface area contributed by atoms with Crippen molar-refractivity contribution >= 4 is 21.1 Å². The number of hydrogen-bond donors (Lipinski definition) is 1. The lowest BCUT2D eigenvalue weighted by Gasteiger charge is -2.12. The fourth-order valence-electron chi connectivity index (χ4n) is 3.02. The zero-order valence-electron chi connectivity index (χ0n) is 14.6. The van der Waals surface area contributed by atoms with Crippen LogP contribution in [0.2, 0.25) is 0 Å². The van der Waals surface area contributed by atoms with Crippen LogP contribution in [0.25, 0.3) is 11.0 Å². The Morgan fingerprint density at radius 3 is 2.52 bits per heavy atom. The summed E-state index contributed by atoms with van der Waals surface area (Å²) in [7, 11) is -3.87. The first kappa shape index (κ1) is 17.5. The zero-order chi connectivity index (χ0) is 19.0. The van der Waals surface area contributed by atoms with Crippen LogP contribution in [0.15, 0.2) is 76.2 Å². The van der Waals surface area contributed by atoms with Gasteiger partial charge in [0.1, 0.15) is 17.7 Å². The summed E-state index contributed by atoms with van der Waals surface area (Å²) >= 11 is 0. The van der Waals surface area contributed by atoms with Crippen molar-refractivity contribution in [2.45, 2.75) is 24.3 Å². The number of aromatic nitrogens is 2. The Morgan fingerprint density at radius 2 is 1.81 bits per heavy atom. The van der Waals surface area contributed by atoms with E-state index < -0.39 is 16.1 Å². The van der Waals surface area contributed by atoms with Crippen LogP contribution in [0.3, 0.4) is 0 Å². The molecule has 7 heteroatoms. The third kappa shape index (κ3) is 3.15. The van der Waals surface area contributed by atoms with Gasteiger partial charge in [-0.05, 0) is 43.3 Å². The fraction of sp³-hybridized carbons (Fsp3) is 0.150. The molecule has 0 saturated carbocycles. The third-order valence-corrected chi connectivity index (χ3v) is 6.15. The number of fused-ring (bicyclic) bond motifs is 1. The monoisotopic (exact) mass is 382 g/mol. The number of furan rings is 1. The molecule has 6 nitrogen and oxygen atoms in total. The van der Waals surface area contributed by atoms with E-state index in [-0.39, 0.29) is 17.1 Å². The van der Waals surface area contributed by atoms with Crippen LogP contribution in [0, 0.1) is 6.92 Å². The van der Waals surface area contributed by atoms with Crippen LogP contribution in [-0.4, -0.2) is 22.5 Å². The number of benzene rings is 2. The number of aliphatic hydroxyl groups excluding tert-OH is 1. The Balaban J connectivity index is 1.86. The molecular weight excluding hydrogens is 364 g/mol. The first-order valence-electron chi connectivity index (χ1n) is 8.47. The molecule has 1 N–H and O–H groups in total. The van der Waals surface area contributed by atoms with Crippen molar-refractivity contribution in [3.05, 3.63) is 84.1 Å². The maximum absolute atomic E-state index is 13.3. The minimum atomic E-state index is -3.87. The van der Waals surface area contributed by atoms with Gasteiger partial charge in [0.25, 0.3) is 10.0 Å². The molecule has 0 radical (unpaired) electrons. The van der Waals surface area contributed by atoms with Gasteiger partial charge in [0.05, 0.1) is 22.2 Å². The number of aryl methyl sites for hydroxylation is 1. The highest BCUT2D eigenvalue weighted by Crippen LogP contribution is 2.27. The van der Waals surface area contributed by atoms with Crippen molar-refractivity contribution in [1.29, 1.82) is 0 Å². The summed E-state index contributed by atoms with van der Waals surface area (Å²) in [6.07, 6.45) is 0.474. The molecule has 0 saturated heterocycles. The number of nitrogens with zero attached hydrogens (tertiary/aromatic N) is 2. The Hall–Kier alpha value is -2.90. The van der Waals surface area contributed by atoms with Crippen molar-refractivity contribution < 1.29 is 17.9 Å². The lowest BCUT2D eigenvalue weighted by Crippen LogP contribution is -2.18. The van der Waals surface area contributed by atoms with Crippen molar-refractivity contribution in [3.8, 4) is 0 Å². The summed E-state index contributed by atoms with van der Waals surface area (Å²) in [6.45, 7) is 1.90. The van der Waals surface area contributed by atoms with Crippen LogP contribution >= 0.6 is 0 Å². The van der Waals surface area contributed by atoms with Gasteiger partial charge in [-0.2, -0.15) is 0 Å². The average molecular weight is 382 g/mol. The highest BCUT2D eigenvalue weighted by atomic mass is 32.2. The molecule has 0 amide bonds. The molecular formula is C20H18N2O4S. The summed E-state index contributed by atoms with van der Waals surface area (Å²) in [4.78, 5) is 4.63. The summed E-state index contributed by atoms with van der Waals surface area (Å²) in [5, 5.41) is 10.4. The maximum Gasteiger partial charge on any atom is 0.269 e. The van der Waals surface area contributed by atoms with Crippen LogP contribution in [0.1, 0.15) is 23.3 Å². The minimum absolute atomic E-state index is 0.00723. The van der Waals surface area contributed by atoms with E-state index >= 15 is 0 Å². The molecule has 4 rings (SSSR count). The van der Waals surface area contributed by atoms with Gasteiger partial charge >= 0.3 is 0 Å². The molecule has 2 heterocycles. The van der Waals surface area contributed by atoms with Gasteiger partial charge in [-0.25, -0.2) is 17.4 Å². The van der Waals surface area contributed by atoms with E-state index in [0.717, 1.165) is 5.56 Å². The Labute approximate surface area is 156 Å². The molecule has 1 atom stereocenters. The average Bonchev–Trinajstić information content (AvgIpc) is 3.30. The largest absolute Gasteiger partial charge is 0.467 e. The van der Waals surface area contributed by atoms with Gasteiger partial charge < -0.3 is 9.52 Å². The molecule has 0 fully saturated rings. The normalized spacial score (nSPS) is 13.1. The molecule has 0 bridgehead atoms. The van der Waals surface area contributed by atoms with Crippen LogP contribution in [-0.2, 0) is 16.4 Å². The standard InChI is InChI=1S/C20H18N2O4S/c1-14-8-10-15(11-9-14)27(24,25)22-17-6-3-2-5-16(17)21-20(22)13-18(23)19-7-4-12-26-19/h2-12,18,23H,13H2,1H3. The predicted octanol–water partition coefficient (Wildman–Crippen LogP) is 3.45. The molecule has 1 unspecified atom stereocenters. The molecule has 138 valence electrons. The quantitative estimate of drug-likeness (QED) is 0.571. The first-order valence-corrected chi connectivity index (χ1v) is 9.91. The Bertz CT molecular complexity index is 1180. The van der Waals surface area contributed by atoms with Gasteiger partial charge in [0.2, 0.25) is 0 Å². The Morgan fingerprint density at radius 1 is 1.07 bits per heavy atom. The predicted molar refractivity (Wildman–Crippen MR) is 101 cm³/mol. The molecule has 4 aromatic rings. The topological polar surface area (TPSA) is 85.3 Å². The number of aliphatic hydroxyl groups is 1. The van der Waals surface area contributed by atoms with Gasteiger partial charge in [-0.1, -0.05) is 29.8 Å². The minimum Gasteiger partial charge on any atom is -0.467 e. The number of hydrogen-bond acceptors (Lipinski definition) is 5. The molecule has 27 heavy (non-hydrogen) atoms. The van der Waals surface area contributed by atoms with E-state index in [1.165, 1.54) is 10.2 Å². The lowest BCUT2D eigenvalue weighted by atomic mass is 10.2. The molecule has 0 aliphatic carbocycles. The van der Waals surface area contributed by atoms with E-state index in [1.807, 2.05) is 6.92 Å².